The van der Waals surface area contributed by atoms with Gasteiger partial charge in [0.05, 0.1) is 17.9 Å². The van der Waals surface area contributed by atoms with E-state index in [0.717, 1.165) is 19.3 Å². The molecule has 0 bridgehead atoms. The van der Waals surface area contributed by atoms with Gasteiger partial charge in [-0.05, 0) is 25.2 Å². The topological polar surface area (TPSA) is 68.1 Å². The van der Waals surface area contributed by atoms with Crippen molar-refractivity contribution >= 4 is 11.7 Å². The van der Waals surface area contributed by atoms with E-state index in [0.29, 0.717) is 30.2 Å². The minimum Gasteiger partial charge on any atom is -0.312 e. The molecule has 5 heteroatoms. The van der Waals surface area contributed by atoms with Gasteiger partial charge in [-0.3, -0.25) is 5.26 Å². The molecule has 0 spiro atoms. The second-order valence-electron chi connectivity index (χ2n) is 3.86. The molecule has 1 rings (SSSR count). The molecular weight excluding hydrogens is 210 g/mol. The number of rotatable bonds is 7. The van der Waals surface area contributed by atoms with Gasteiger partial charge in [-0.15, -0.1) is 0 Å². The van der Waals surface area contributed by atoms with Crippen molar-refractivity contribution in [3.05, 3.63) is 12.2 Å². The summed E-state index contributed by atoms with van der Waals surface area (Å²) in [5.74, 6) is -0.127. The molecule has 0 fully saturated rings. The van der Waals surface area contributed by atoms with Crippen LogP contribution in [-0.4, -0.2) is 23.5 Å². The molecule has 16 heavy (non-hydrogen) atoms. The zero-order chi connectivity index (χ0) is 12.0. The summed E-state index contributed by atoms with van der Waals surface area (Å²) in [6.45, 7) is 5.99. The van der Waals surface area contributed by atoms with Crippen LogP contribution >= 0.6 is 0 Å². The Hall–Kier alpha value is -1.20. The average Bonchev–Trinajstić information content (AvgIpc) is 2.59. The quantitative estimate of drug-likeness (QED) is 0.313. The average molecular weight is 227 g/mol. The highest BCUT2D eigenvalue weighted by atomic mass is 17.1. The van der Waals surface area contributed by atoms with Gasteiger partial charge >= 0.3 is 5.97 Å². The summed E-state index contributed by atoms with van der Waals surface area (Å²) >= 11 is 0. The van der Waals surface area contributed by atoms with Gasteiger partial charge in [0.2, 0.25) is 0 Å². The Balaban J connectivity index is 2.25. The van der Waals surface area contributed by atoms with E-state index in [2.05, 4.69) is 21.5 Å². The Labute approximate surface area is 94.7 Å². The lowest BCUT2D eigenvalue weighted by Gasteiger charge is -2.11. The fourth-order valence-corrected chi connectivity index (χ4v) is 1.59. The largest absolute Gasteiger partial charge is 0.367 e. The van der Waals surface area contributed by atoms with Crippen molar-refractivity contribution in [1.82, 2.24) is 0 Å². The Morgan fingerprint density at radius 3 is 2.88 bits per heavy atom. The summed E-state index contributed by atoms with van der Waals surface area (Å²) in [7, 11) is 0. The Kier molecular flexibility index (Phi) is 5.14. The standard InChI is InChI=1S/C11H17NO4/c1-3-9(7-15-14)5-4-6-10-8(2)11(13)16-12-10/h9,14H,2-7H2,1H3. The van der Waals surface area contributed by atoms with Gasteiger partial charge < -0.3 is 4.84 Å². The van der Waals surface area contributed by atoms with Crippen molar-refractivity contribution < 1.29 is 19.8 Å². The second kappa shape index (κ2) is 6.40. The van der Waals surface area contributed by atoms with Crippen LogP contribution < -0.4 is 0 Å². The van der Waals surface area contributed by atoms with E-state index in [1.165, 1.54) is 0 Å². The fraction of sp³-hybridized carbons (Fsp3) is 0.636. The van der Waals surface area contributed by atoms with Gasteiger partial charge in [0.15, 0.2) is 0 Å². The van der Waals surface area contributed by atoms with E-state index >= 15 is 0 Å². The summed E-state index contributed by atoms with van der Waals surface area (Å²) in [6, 6.07) is 0. The maximum Gasteiger partial charge on any atom is 0.367 e. The molecule has 0 aliphatic carbocycles. The highest BCUT2D eigenvalue weighted by Crippen LogP contribution is 2.17. The summed E-state index contributed by atoms with van der Waals surface area (Å²) in [5, 5.41) is 12.0. The zero-order valence-electron chi connectivity index (χ0n) is 9.44. The molecule has 0 radical (unpaired) electrons. The Morgan fingerprint density at radius 1 is 1.62 bits per heavy atom. The number of oxime groups is 1. The molecule has 5 nitrogen and oxygen atoms in total. The first-order valence-electron chi connectivity index (χ1n) is 5.42. The summed E-state index contributed by atoms with van der Waals surface area (Å²) in [5.41, 5.74) is 0.983. The van der Waals surface area contributed by atoms with Crippen LogP contribution in [0.2, 0.25) is 0 Å². The Bertz CT molecular complexity index is 298. The van der Waals surface area contributed by atoms with Crippen LogP contribution in [0.3, 0.4) is 0 Å². The van der Waals surface area contributed by atoms with Crippen LogP contribution in [0.15, 0.2) is 17.3 Å². The SMILES string of the molecule is C=C1C(=O)ON=C1CCCC(CC)COO. The van der Waals surface area contributed by atoms with Gasteiger partial charge in [-0.2, -0.15) is 0 Å². The molecule has 90 valence electrons. The van der Waals surface area contributed by atoms with E-state index in [1.54, 1.807) is 0 Å². The third-order valence-electron chi connectivity index (χ3n) is 2.75. The monoisotopic (exact) mass is 227 g/mol. The van der Waals surface area contributed by atoms with E-state index in [9.17, 15) is 4.79 Å². The van der Waals surface area contributed by atoms with Crippen molar-refractivity contribution in [3.63, 3.8) is 0 Å². The third kappa shape index (κ3) is 3.43. The third-order valence-corrected chi connectivity index (χ3v) is 2.75. The van der Waals surface area contributed by atoms with E-state index in [1.807, 2.05) is 6.92 Å². The van der Waals surface area contributed by atoms with Crippen LogP contribution in [0.25, 0.3) is 0 Å². The number of hydrogen-bond donors (Lipinski definition) is 1. The van der Waals surface area contributed by atoms with E-state index in [4.69, 9.17) is 5.26 Å². The molecule has 0 aromatic carbocycles. The lowest BCUT2D eigenvalue weighted by Crippen LogP contribution is -2.09. The van der Waals surface area contributed by atoms with Gasteiger partial charge in [-0.1, -0.05) is 25.1 Å². The lowest BCUT2D eigenvalue weighted by atomic mass is 9.98. The highest BCUT2D eigenvalue weighted by Gasteiger charge is 2.22. The molecular formula is C11H17NO4. The predicted octanol–water partition coefficient (Wildman–Crippen LogP) is 2.14. The number of hydrogen-bond acceptors (Lipinski definition) is 5. The van der Waals surface area contributed by atoms with Crippen molar-refractivity contribution in [1.29, 1.82) is 0 Å². The van der Waals surface area contributed by atoms with Gasteiger partial charge in [0.1, 0.15) is 0 Å². The van der Waals surface area contributed by atoms with Crippen LogP contribution in [0, 0.1) is 5.92 Å². The minimum atomic E-state index is -0.458. The molecule has 1 aliphatic heterocycles. The van der Waals surface area contributed by atoms with Crippen LogP contribution in [0.1, 0.15) is 32.6 Å². The predicted molar refractivity (Wildman–Crippen MR) is 58.9 cm³/mol. The Morgan fingerprint density at radius 2 is 2.38 bits per heavy atom. The second-order valence-corrected chi connectivity index (χ2v) is 3.86. The molecule has 1 heterocycles. The minimum absolute atomic E-state index is 0.330. The smallest absolute Gasteiger partial charge is 0.312 e. The lowest BCUT2D eigenvalue weighted by molar-refractivity contribution is -0.251. The van der Waals surface area contributed by atoms with Crippen molar-refractivity contribution in [2.24, 2.45) is 11.1 Å². The maximum absolute atomic E-state index is 11.0. The first kappa shape index (κ1) is 12.9. The van der Waals surface area contributed by atoms with Gasteiger partial charge in [0, 0.05) is 0 Å². The number of nitrogens with zero attached hydrogens (tertiary/aromatic N) is 1. The highest BCUT2D eigenvalue weighted by molar-refractivity contribution is 6.21. The van der Waals surface area contributed by atoms with E-state index < -0.39 is 5.97 Å². The van der Waals surface area contributed by atoms with Crippen molar-refractivity contribution in [3.8, 4) is 0 Å². The molecule has 0 amide bonds. The summed E-state index contributed by atoms with van der Waals surface area (Å²) in [4.78, 5) is 19.6. The summed E-state index contributed by atoms with van der Waals surface area (Å²) in [6.07, 6.45) is 3.41. The maximum atomic E-state index is 11.0. The van der Waals surface area contributed by atoms with Crippen molar-refractivity contribution in [2.45, 2.75) is 32.6 Å². The van der Waals surface area contributed by atoms with Crippen LogP contribution in [-0.2, 0) is 14.5 Å². The van der Waals surface area contributed by atoms with E-state index in [-0.39, 0.29) is 0 Å². The first-order chi connectivity index (χ1) is 7.69. The first-order valence-corrected chi connectivity index (χ1v) is 5.42. The molecule has 0 aromatic rings. The van der Waals surface area contributed by atoms with Crippen molar-refractivity contribution in [2.75, 3.05) is 6.61 Å². The zero-order valence-corrected chi connectivity index (χ0v) is 9.44. The normalized spacial score (nSPS) is 17.2. The summed E-state index contributed by atoms with van der Waals surface area (Å²) < 4.78 is 0. The molecule has 0 saturated heterocycles. The van der Waals surface area contributed by atoms with Crippen LogP contribution in [0.4, 0.5) is 0 Å². The number of carbonyl (C=O) groups excluding carboxylic acids is 1. The van der Waals surface area contributed by atoms with Gasteiger partial charge in [0.25, 0.3) is 0 Å². The molecule has 1 unspecified atom stereocenters. The molecule has 0 aromatic heterocycles. The number of carbonyl (C=O) groups is 1. The molecule has 1 aliphatic rings. The molecule has 1 atom stereocenters. The van der Waals surface area contributed by atoms with Gasteiger partial charge in [-0.25, -0.2) is 9.68 Å². The fourth-order valence-electron chi connectivity index (χ4n) is 1.59. The molecule has 1 N–H and O–H groups in total. The van der Waals surface area contributed by atoms with Crippen LogP contribution in [0.5, 0.6) is 0 Å². The molecule has 0 saturated carbocycles.